The van der Waals surface area contributed by atoms with Crippen LogP contribution in [0.5, 0.6) is 0 Å². The Morgan fingerprint density at radius 3 is 2.67 bits per heavy atom. The van der Waals surface area contributed by atoms with Gasteiger partial charge in [0.1, 0.15) is 0 Å². The van der Waals surface area contributed by atoms with Gasteiger partial charge in [-0.25, -0.2) is 4.68 Å². The van der Waals surface area contributed by atoms with Crippen LogP contribution >= 0.6 is 11.8 Å². The Balaban J connectivity index is 2.57. The predicted molar refractivity (Wildman–Crippen MR) is 61.6 cm³/mol. The summed E-state index contributed by atoms with van der Waals surface area (Å²) in [5.74, 6) is 0. The van der Waals surface area contributed by atoms with Crippen LogP contribution in [0.25, 0.3) is 0 Å². The number of tetrazole rings is 1. The molecule has 0 bridgehead atoms. The lowest BCUT2D eigenvalue weighted by Crippen LogP contribution is -2.32. The Morgan fingerprint density at radius 1 is 1.47 bits per heavy atom. The molecule has 0 fully saturated rings. The minimum absolute atomic E-state index is 0.224. The molecule has 0 aliphatic heterocycles. The molecule has 1 aromatic rings. The number of nitrogens with two attached hydrogens (primary N) is 1. The summed E-state index contributed by atoms with van der Waals surface area (Å²) in [4.78, 5) is 0. The van der Waals surface area contributed by atoms with Crippen molar-refractivity contribution in [1.29, 1.82) is 0 Å². The normalized spacial score (nSPS) is 15.2. The summed E-state index contributed by atoms with van der Waals surface area (Å²) in [6, 6.07) is 0.224. The van der Waals surface area contributed by atoms with Crippen LogP contribution in [0, 0.1) is 0 Å². The third kappa shape index (κ3) is 3.46. The van der Waals surface area contributed by atoms with Gasteiger partial charge in [-0.2, -0.15) is 0 Å². The van der Waals surface area contributed by atoms with Gasteiger partial charge < -0.3 is 5.73 Å². The van der Waals surface area contributed by atoms with E-state index in [2.05, 4.69) is 29.4 Å². The molecule has 0 saturated heterocycles. The lowest BCUT2D eigenvalue weighted by Gasteiger charge is -2.20. The Morgan fingerprint density at radius 2 is 2.20 bits per heavy atom. The largest absolute Gasteiger partial charge is 0.327 e. The van der Waals surface area contributed by atoms with Crippen LogP contribution in [0.15, 0.2) is 5.16 Å². The molecule has 2 N–H and O–H groups in total. The van der Waals surface area contributed by atoms with Crippen molar-refractivity contribution in [2.45, 2.75) is 49.6 Å². The number of aryl methyl sites for hydroxylation is 1. The summed E-state index contributed by atoms with van der Waals surface area (Å²) in [5, 5.41) is 12.6. The number of thioether (sulfide) groups is 1. The summed E-state index contributed by atoms with van der Waals surface area (Å²) in [6.45, 7) is 4.30. The summed E-state index contributed by atoms with van der Waals surface area (Å²) in [6.07, 6.45) is 3.21. The lowest BCUT2D eigenvalue weighted by molar-refractivity contribution is 0.563. The standard InChI is InChI=1S/C9H19N5S/c1-4-6-7(10)8(5-2)15-9-11-12-13-14(9)3/h7-8H,4-6,10H2,1-3H3. The van der Waals surface area contributed by atoms with Gasteiger partial charge >= 0.3 is 0 Å². The Bertz CT molecular complexity index is 288. The molecule has 2 unspecified atom stereocenters. The highest BCUT2D eigenvalue weighted by molar-refractivity contribution is 7.99. The van der Waals surface area contributed by atoms with Crippen LogP contribution in [0.2, 0.25) is 0 Å². The SMILES string of the molecule is CCCC(N)C(CC)Sc1nnnn1C. The molecule has 2 atom stereocenters. The van der Waals surface area contributed by atoms with E-state index in [1.54, 1.807) is 16.4 Å². The fraction of sp³-hybridized carbons (Fsp3) is 0.889. The number of nitrogens with zero attached hydrogens (tertiary/aromatic N) is 4. The number of hydrogen-bond acceptors (Lipinski definition) is 5. The van der Waals surface area contributed by atoms with Gasteiger partial charge in [-0.05, 0) is 23.3 Å². The molecule has 6 heteroatoms. The highest BCUT2D eigenvalue weighted by atomic mass is 32.2. The van der Waals surface area contributed by atoms with E-state index in [0.29, 0.717) is 5.25 Å². The molecule has 0 aliphatic carbocycles. The maximum Gasteiger partial charge on any atom is 0.209 e. The van der Waals surface area contributed by atoms with E-state index in [1.165, 1.54) is 0 Å². The highest BCUT2D eigenvalue weighted by Gasteiger charge is 2.19. The summed E-state index contributed by atoms with van der Waals surface area (Å²) in [5.41, 5.74) is 6.11. The monoisotopic (exact) mass is 229 g/mol. The van der Waals surface area contributed by atoms with Crippen molar-refractivity contribution in [2.24, 2.45) is 12.8 Å². The Hall–Kier alpha value is -0.620. The van der Waals surface area contributed by atoms with E-state index in [0.717, 1.165) is 24.4 Å². The molecule has 0 aliphatic rings. The van der Waals surface area contributed by atoms with E-state index in [1.807, 2.05) is 7.05 Å². The maximum absolute atomic E-state index is 6.11. The third-order valence-electron chi connectivity index (χ3n) is 2.34. The highest BCUT2D eigenvalue weighted by Crippen LogP contribution is 2.25. The lowest BCUT2D eigenvalue weighted by atomic mass is 10.1. The van der Waals surface area contributed by atoms with Crippen LogP contribution in [-0.4, -0.2) is 31.5 Å². The van der Waals surface area contributed by atoms with Crippen molar-refractivity contribution in [1.82, 2.24) is 20.2 Å². The van der Waals surface area contributed by atoms with Gasteiger partial charge in [0.25, 0.3) is 0 Å². The Kier molecular flexibility index (Phi) is 5.04. The summed E-state index contributed by atoms with van der Waals surface area (Å²) >= 11 is 1.67. The van der Waals surface area contributed by atoms with Crippen LogP contribution in [-0.2, 0) is 7.05 Å². The van der Waals surface area contributed by atoms with Crippen molar-refractivity contribution < 1.29 is 0 Å². The molecule has 0 saturated carbocycles. The third-order valence-corrected chi connectivity index (χ3v) is 3.88. The minimum atomic E-state index is 0.224. The fourth-order valence-electron chi connectivity index (χ4n) is 1.45. The number of hydrogen-bond donors (Lipinski definition) is 1. The molecule has 0 spiro atoms. The minimum Gasteiger partial charge on any atom is -0.327 e. The molecule has 0 amide bonds. The zero-order chi connectivity index (χ0) is 11.3. The van der Waals surface area contributed by atoms with Gasteiger partial charge in [-0.3, -0.25) is 0 Å². The van der Waals surface area contributed by atoms with E-state index < -0.39 is 0 Å². The molecule has 0 radical (unpaired) electrons. The van der Waals surface area contributed by atoms with Crippen LogP contribution in [0.4, 0.5) is 0 Å². The first-order valence-corrected chi connectivity index (χ1v) is 6.21. The van der Waals surface area contributed by atoms with E-state index >= 15 is 0 Å². The van der Waals surface area contributed by atoms with Crippen LogP contribution in [0.3, 0.4) is 0 Å². The van der Waals surface area contributed by atoms with Gasteiger partial charge in [0.15, 0.2) is 0 Å². The van der Waals surface area contributed by atoms with E-state index in [9.17, 15) is 0 Å². The van der Waals surface area contributed by atoms with Crippen molar-refractivity contribution in [3.05, 3.63) is 0 Å². The molecule has 1 rings (SSSR count). The second kappa shape index (κ2) is 6.07. The van der Waals surface area contributed by atoms with Gasteiger partial charge in [0.2, 0.25) is 5.16 Å². The number of aromatic nitrogens is 4. The van der Waals surface area contributed by atoms with E-state index in [-0.39, 0.29) is 6.04 Å². The Labute approximate surface area is 94.8 Å². The summed E-state index contributed by atoms with van der Waals surface area (Å²) in [7, 11) is 1.85. The molecule has 1 heterocycles. The second-order valence-electron chi connectivity index (χ2n) is 3.60. The van der Waals surface area contributed by atoms with Gasteiger partial charge in [0, 0.05) is 18.3 Å². The fourth-order valence-corrected chi connectivity index (χ4v) is 2.47. The van der Waals surface area contributed by atoms with Crippen molar-refractivity contribution in [3.63, 3.8) is 0 Å². The maximum atomic E-state index is 6.11. The van der Waals surface area contributed by atoms with Gasteiger partial charge in [0.05, 0.1) is 0 Å². The van der Waals surface area contributed by atoms with Crippen LogP contribution in [0.1, 0.15) is 33.1 Å². The molecule has 1 aromatic heterocycles. The molecule has 5 nitrogen and oxygen atoms in total. The quantitative estimate of drug-likeness (QED) is 0.742. The zero-order valence-electron chi connectivity index (χ0n) is 9.55. The van der Waals surface area contributed by atoms with Crippen molar-refractivity contribution in [3.8, 4) is 0 Å². The average Bonchev–Trinajstić information content (AvgIpc) is 2.61. The molecular formula is C9H19N5S. The van der Waals surface area contributed by atoms with Crippen molar-refractivity contribution in [2.75, 3.05) is 0 Å². The first-order chi connectivity index (χ1) is 7.19. The van der Waals surface area contributed by atoms with E-state index in [4.69, 9.17) is 5.73 Å². The zero-order valence-corrected chi connectivity index (χ0v) is 10.4. The first-order valence-electron chi connectivity index (χ1n) is 5.33. The van der Waals surface area contributed by atoms with Gasteiger partial charge in [-0.15, -0.1) is 5.10 Å². The number of rotatable bonds is 6. The topological polar surface area (TPSA) is 69.6 Å². The summed E-state index contributed by atoms with van der Waals surface area (Å²) < 4.78 is 1.69. The average molecular weight is 229 g/mol. The van der Waals surface area contributed by atoms with Crippen LogP contribution < -0.4 is 5.73 Å². The molecule has 86 valence electrons. The predicted octanol–water partition coefficient (Wildman–Crippen LogP) is 1.21. The van der Waals surface area contributed by atoms with Crippen molar-refractivity contribution >= 4 is 11.8 Å². The second-order valence-corrected chi connectivity index (χ2v) is 4.81. The molecule has 15 heavy (non-hydrogen) atoms. The molecule has 0 aromatic carbocycles. The molecular weight excluding hydrogens is 210 g/mol. The smallest absolute Gasteiger partial charge is 0.209 e. The first kappa shape index (κ1) is 12.4. The van der Waals surface area contributed by atoms with Gasteiger partial charge in [-0.1, -0.05) is 32.0 Å².